The maximum absolute atomic E-state index is 2.56. The Kier molecular flexibility index (Phi) is 4.13. The SMILES string of the molecule is CCN1CCC(C(C)I)CC1. The van der Waals surface area contributed by atoms with Crippen LogP contribution in [0.5, 0.6) is 0 Å². The van der Waals surface area contributed by atoms with E-state index < -0.39 is 0 Å². The fourth-order valence-electron chi connectivity index (χ4n) is 1.73. The molecule has 0 aromatic heterocycles. The van der Waals surface area contributed by atoms with E-state index in [-0.39, 0.29) is 0 Å². The largest absolute Gasteiger partial charge is 0.304 e. The number of alkyl halides is 1. The first-order valence-electron chi connectivity index (χ1n) is 4.60. The van der Waals surface area contributed by atoms with Crippen molar-refractivity contribution in [3.63, 3.8) is 0 Å². The molecule has 1 fully saturated rings. The zero-order chi connectivity index (χ0) is 8.27. The van der Waals surface area contributed by atoms with Gasteiger partial charge >= 0.3 is 0 Å². The molecule has 0 bridgehead atoms. The second-order valence-electron chi connectivity index (χ2n) is 3.45. The van der Waals surface area contributed by atoms with Crippen molar-refractivity contribution in [2.75, 3.05) is 19.6 Å². The smallest absolute Gasteiger partial charge is 0.0110 e. The van der Waals surface area contributed by atoms with Crippen molar-refractivity contribution in [2.45, 2.75) is 30.6 Å². The molecule has 0 aliphatic carbocycles. The number of rotatable bonds is 2. The summed E-state index contributed by atoms with van der Waals surface area (Å²) >= 11 is 2.56. The van der Waals surface area contributed by atoms with E-state index in [4.69, 9.17) is 0 Å². The monoisotopic (exact) mass is 267 g/mol. The summed E-state index contributed by atoms with van der Waals surface area (Å²) in [4.78, 5) is 2.55. The fraction of sp³-hybridized carbons (Fsp3) is 1.00. The molecular formula is C9H18IN. The van der Waals surface area contributed by atoms with Crippen molar-refractivity contribution in [3.05, 3.63) is 0 Å². The Bertz CT molecular complexity index is 106. The molecule has 1 rings (SSSR count). The fourth-order valence-corrected chi connectivity index (χ4v) is 2.45. The van der Waals surface area contributed by atoms with Crippen molar-refractivity contribution < 1.29 is 0 Å². The van der Waals surface area contributed by atoms with Gasteiger partial charge in [0, 0.05) is 3.92 Å². The quantitative estimate of drug-likeness (QED) is 0.549. The van der Waals surface area contributed by atoms with Crippen molar-refractivity contribution in [2.24, 2.45) is 5.92 Å². The Labute approximate surface area is 83.7 Å². The minimum atomic E-state index is 0.867. The van der Waals surface area contributed by atoms with Crippen LogP contribution in [-0.2, 0) is 0 Å². The summed E-state index contributed by atoms with van der Waals surface area (Å²) in [5, 5.41) is 0. The lowest BCUT2D eigenvalue weighted by molar-refractivity contribution is 0.195. The van der Waals surface area contributed by atoms with Crippen LogP contribution in [-0.4, -0.2) is 28.5 Å². The lowest BCUT2D eigenvalue weighted by Crippen LogP contribution is -2.35. The molecule has 1 nitrogen and oxygen atoms in total. The van der Waals surface area contributed by atoms with Crippen molar-refractivity contribution in [3.8, 4) is 0 Å². The van der Waals surface area contributed by atoms with Crippen LogP contribution in [0.15, 0.2) is 0 Å². The zero-order valence-corrected chi connectivity index (χ0v) is 9.67. The Morgan fingerprint density at radius 2 is 2.00 bits per heavy atom. The van der Waals surface area contributed by atoms with Gasteiger partial charge < -0.3 is 4.90 Å². The zero-order valence-electron chi connectivity index (χ0n) is 7.52. The molecule has 1 heterocycles. The third kappa shape index (κ3) is 2.90. The highest BCUT2D eigenvalue weighted by molar-refractivity contribution is 14.1. The van der Waals surface area contributed by atoms with Gasteiger partial charge in [0.15, 0.2) is 0 Å². The Morgan fingerprint density at radius 3 is 2.36 bits per heavy atom. The van der Waals surface area contributed by atoms with E-state index in [1.54, 1.807) is 0 Å². The van der Waals surface area contributed by atoms with Gasteiger partial charge in [-0.05, 0) is 38.4 Å². The lowest BCUT2D eigenvalue weighted by atomic mass is 9.94. The van der Waals surface area contributed by atoms with Crippen LogP contribution in [0.4, 0.5) is 0 Å². The maximum Gasteiger partial charge on any atom is 0.0110 e. The molecule has 0 radical (unpaired) electrons. The van der Waals surface area contributed by atoms with E-state index in [1.165, 1.54) is 32.5 Å². The van der Waals surface area contributed by atoms with Crippen LogP contribution >= 0.6 is 22.6 Å². The van der Waals surface area contributed by atoms with Gasteiger partial charge in [0.05, 0.1) is 0 Å². The van der Waals surface area contributed by atoms with Crippen molar-refractivity contribution in [1.82, 2.24) is 4.90 Å². The number of halogens is 1. The number of piperidine rings is 1. The molecule has 0 N–H and O–H groups in total. The second kappa shape index (κ2) is 4.65. The molecule has 1 aliphatic heterocycles. The summed E-state index contributed by atoms with van der Waals surface area (Å²) in [6, 6.07) is 0. The van der Waals surface area contributed by atoms with Crippen molar-refractivity contribution >= 4 is 22.6 Å². The summed E-state index contributed by atoms with van der Waals surface area (Å²) in [5.74, 6) is 0.985. The van der Waals surface area contributed by atoms with E-state index in [1.807, 2.05) is 0 Å². The van der Waals surface area contributed by atoms with Gasteiger partial charge in [0.2, 0.25) is 0 Å². The average Bonchev–Trinajstić information content (AvgIpc) is 2.05. The Hall–Kier alpha value is 0.690. The van der Waals surface area contributed by atoms with Gasteiger partial charge in [-0.25, -0.2) is 0 Å². The lowest BCUT2D eigenvalue weighted by Gasteiger charge is -2.32. The molecule has 0 aromatic rings. The number of likely N-dealkylation sites (tertiary alicyclic amines) is 1. The summed E-state index contributed by atoms with van der Waals surface area (Å²) in [5.41, 5.74) is 0. The third-order valence-electron chi connectivity index (χ3n) is 2.73. The molecular weight excluding hydrogens is 249 g/mol. The molecule has 1 atom stereocenters. The number of nitrogens with zero attached hydrogens (tertiary/aromatic N) is 1. The van der Waals surface area contributed by atoms with Crippen LogP contribution in [0, 0.1) is 5.92 Å². The predicted octanol–water partition coefficient (Wildman–Crippen LogP) is 2.54. The number of hydrogen-bond acceptors (Lipinski definition) is 1. The average molecular weight is 267 g/mol. The molecule has 2 heteroatoms. The molecule has 1 aliphatic rings. The highest BCUT2D eigenvalue weighted by Crippen LogP contribution is 2.24. The van der Waals surface area contributed by atoms with Crippen LogP contribution in [0.2, 0.25) is 0 Å². The minimum Gasteiger partial charge on any atom is -0.304 e. The Morgan fingerprint density at radius 1 is 1.45 bits per heavy atom. The molecule has 0 spiro atoms. The normalized spacial score (nSPS) is 25.4. The first-order valence-corrected chi connectivity index (χ1v) is 5.85. The van der Waals surface area contributed by atoms with Gasteiger partial charge in [-0.15, -0.1) is 0 Å². The summed E-state index contributed by atoms with van der Waals surface area (Å²) < 4.78 is 0.867. The summed E-state index contributed by atoms with van der Waals surface area (Å²) in [6.07, 6.45) is 2.83. The van der Waals surface area contributed by atoms with Crippen LogP contribution < -0.4 is 0 Å². The van der Waals surface area contributed by atoms with E-state index in [0.29, 0.717) is 0 Å². The first kappa shape index (κ1) is 9.78. The van der Waals surface area contributed by atoms with E-state index >= 15 is 0 Å². The topological polar surface area (TPSA) is 3.24 Å². The van der Waals surface area contributed by atoms with Crippen molar-refractivity contribution in [1.29, 1.82) is 0 Å². The van der Waals surface area contributed by atoms with Gasteiger partial charge in [-0.2, -0.15) is 0 Å². The maximum atomic E-state index is 2.56. The van der Waals surface area contributed by atoms with Crippen LogP contribution in [0.25, 0.3) is 0 Å². The molecule has 1 saturated heterocycles. The minimum absolute atomic E-state index is 0.867. The van der Waals surface area contributed by atoms with Crippen LogP contribution in [0.1, 0.15) is 26.7 Å². The molecule has 11 heavy (non-hydrogen) atoms. The third-order valence-corrected chi connectivity index (χ3v) is 3.75. The molecule has 0 aromatic carbocycles. The summed E-state index contributed by atoms with van der Waals surface area (Å²) in [6.45, 7) is 8.49. The molecule has 0 amide bonds. The van der Waals surface area contributed by atoms with Gasteiger partial charge in [-0.3, -0.25) is 0 Å². The number of hydrogen-bond donors (Lipinski definition) is 0. The molecule has 0 saturated carbocycles. The molecule has 1 unspecified atom stereocenters. The first-order chi connectivity index (χ1) is 5.24. The highest BCUT2D eigenvalue weighted by atomic mass is 127. The van der Waals surface area contributed by atoms with E-state index in [2.05, 4.69) is 41.3 Å². The van der Waals surface area contributed by atoms with Gasteiger partial charge in [0.25, 0.3) is 0 Å². The second-order valence-corrected chi connectivity index (χ2v) is 5.41. The van der Waals surface area contributed by atoms with E-state index in [0.717, 1.165) is 9.84 Å². The Balaban J connectivity index is 2.24. The summed E-state index contributed by atoms with van der Waals surface area (Å²) in [7, 11) is 0. The van der Waals surface area contributed by atoms with Gasteiger partial charge in [-0.1, -0.05) is 36.4 Å². The van der Waals surface area contributed by atoms with E-state index in [9.17, 15) is 0 Å². The molecule has 66 valence electrons. The van der Waals surface area contributed by atoms with Crippen LogP contribution in [0.3, 0.4) is 0 Å². The predicted molar refractivity (Wildman–Crippen MR) is 58.3 cm³/mol. The highest BCUT2D eigenvalue weighted by Gasteiger charge is 2.20. The van der Waals surface area contributed by atoms with Gasteiger partial charge in [0.1, 0.15) is 0 Å². The standard InChI is InChI=1S/C9H18IN/c1-3-11-6-4-9(5-7-11)8(2)10/h8-9H,3-7H2,1-2H3.